The van der Waals surface area contributed by atoms with Crippen molar-refractivity contribution in [2.24, 2.45) is 7.05 Å². The standard InChI is InChI=1S/C19H21N5O3/c1-23-16-8-4-7-15(14(16)11-20-23)21-17(25)9-10-24-19(27)13-6-3-2-5-12(13)18(26)22-24/h2-3,5-6,11,15H,4,7-10H2,1H3,(H,21,25)(H,22,26)/t15-/m0/s1. The molecule has 27 heavy (non-hydrogen) atoms. The van der Waals surface area contributed by atoms with E-state index in [0.717, 1.165) is 30.5 Å². The number of amides is 1. The second-order valence-corrected chi connectivity index (χ2v) is 6.88. The zero-order valence-electron chi connectivity index (χ0n) is 15.1. The molecule has 0 radical (unpaired) electrons. The minimum Gasteiger partial charge on any atom is -0.349 e. The van der Waals surface area contributed by atoms with Gasteiger partial charge in [0.05, 0.1) is 29.6 Å². The molecule has 0 aliphatic heterocycles. The van der Waals surface area contributed by atoms with Gasteiger partial charge in [0.1, 0.15) is 0 Å². The molecule has 0 saturated carbocycles. The Labute approximate surface area is 154 Å². The van der Waals surface area contributed by atoms with Crippen LogP contribution in [0.4, 0.5) is 0 Å². The largest absolute Gasteiger partial charge is 0.349 e. The van der Waals surface area contributed by atoms with Gasteiger partial charge in [0, 0.05) is 24.7 Å². The summed E-state index contributed by atoms with van der Waals surface area (Å²) in [7, 11) is 1.91. The van der Waals surface area contributed by atoms with Crippen LogP contribution in [0.1, 0.15) is 36.6 Å². The van der Waals surface area contributed by atoms with Gasteiger partial charge >= 0.3 is 0 Å². The number of nitrogens with one attached hydrogen (secondary N) is 2. The zero-order chi connectivity index (χ0) is 19.0. The maximum absolute atomic E-state index is 12.5. The predicted octanol–water partition coefficient (Wildman–Crippen LogP) is 1.01. The molecule has 0 spiro atoms. The molecule has 1 aliphatic carbocycles. The van der Waals surface area contributed by atoms with Crippen LogP contribution in [0.5, 0.6) is 0 Å². The normalized spacial score (nSPS) is 16.3. The van der Waals surface area contributed by atoms with Gasteiger partial charge in [-0.15, -0.1) is 0 Å². The minimum atomic E-state index is -0.335. The highest BCUT2D eigenvalue weighted by molar-refractivity contribution is 5.80. The fourth-order valence-electron chi connectivity index (χ4n) is 3.74. The topological polar surface area (TPSA) is 102 Å². The van der Waals surface area contributed by atoms with Crippen LogP contribution < -0.4 is 16.4 Å². The maximum Gasteiger partial charge on any atom is 0.273 e. The van der Waals surface area contributed by atoms with Crippen molar-refractivity contribution in [1.29, 1.82) is 0 Å². The molecule has 0 fully saturated rings. The van der Waals surface area contributed by atoms with E-state index >= 15 is 0 Å². The third-order valence-electron chi connectivity index (χ3n) is 5.16. The Morgan fingerprint density at radius 3 is 2.89 bits per heavy atom. The summed E-state index contributed by atoms with van der Waals surface area (Å²) in [6, 6.07) is 6.61. The molecule has 8 nitrogen and oxygen atoms in total. The van der Waals surface area contributed by atoms with Crippen molar-refractivity contribution < 1.29 is 4.79 Å². The third kappa shape index (κ3) is 3.18. The van der Waals surface area contributed by atoms with Gasteiger partial charge in [0.25, 0.3) is 11.1 Å². The number of fused-ring (bicyclic) bond motifs is 2. The lowest BCUT2D eigenvalue weighted by molar-refractivity contribution is -0.122. The van der Waals surface area contributed by atoms with Crippen LogP contribution in [-0.2, 0) is 24.8 Å². The molecule has 0 unspecified atom stereocenters. The first kappa shape index (κ1) is 17.3. The molecule has 2 aromatic heterocycles. The number of carbonyl (C=O) groups excluding carboxylic acids is 1. The second-order valence-electron chi connectivity index (χ2n) is 6.88. The molecule has 0 bridgehead atoms. The molecule has 0 saturated heterocycles. The van der Waals surface area contributed by atoms with E-state index in [1.807, 2.05) is 17.9 Å². The summed E-state index contributed by atoms with van der Waals surface area (Å²) >= 11 is 0. The highest BCUT2D eigenvalue weighted by Crippen LogP contribution is 2.29. The molecule has 3 aromatic rings. The predicted molar refractivity (Wildman–Crippen MR) is 100 cm³/mol. The molecule has 1 amide bonds. The Morgan fingerprint density at radius 2 is 2.07 bits per heavy atom. The van der Waals surface area contributed by atoms with Gasteiger partial charge < -0.3 is 5.32 Å². The van der Waals surface area contributed by atoms with Crippen LogP contribution in [0.15, 0.2) is 40.1 Å². The SMILES string of the molecule is Cn1ncc2c1CCC[C@@H]2NC(=O)CCn1[nH]c(=O)c2ccccc2c1=O. The van der Waals surface area contributed by atoms with Crippen molar-refractivity contribution >= 4 is 16.7 Å². The van der Waals surface area contributed by atoms with E-state index in [-0.39, 0.29) is 36.0 Å². The van der Waals surface area contributed by atoms with Crippen molar-refractivity contribution in [2.45, 2.75) is 38.3 Å². The number of hydrogen-bond acceptors (Lipinski definition) is 4. The second kappa shape index (κ2) is 6.86. The fraction of sp³-hybridized carbons (Fsp3) is 0.368. The van der Waals surface area contributed by atoms with E-state index in [1.54, 1.807) is 24.3 Å². The highest BCUT2D eigenvalue weighted by Gasteiger charge is 2.24. The number of aromatic amines is 1. The molecule has 4 rings (SSSR count). The lowest BCUT2D eigenvalue weighted by atomic mass is 9.93. The first-order valence-corrected chi connectivity index (χ1v) is 9.06. The number of H-pyrrole nitrogens is 1. The van der Waals surface area contributed by atoms with Gasteiger partial charge in [-0.3, -0.25) is 24.2 Å². The van der Waals surface area contributed by atoms with E-state index in [4.69, 9.17) is 0 Å². The summed E-state index contributed by atoms with van der Waals surface area (Å²) in [6.45, 7) is 0.122. The smallest absolute Gasteiger partial charge is 0.273 e. The first-order valence-electron chi connectivity index (χ1n) is 9.06. The van der Waals surface area contributed by atoms with Crippen LogP contribution in [0.25, 0.3) is 10.8 Å². The zero-order valence-corrected chi connectivity index (χ0v) is 15.1. The van der Waals surface area contributed by atoms with E-state index in [1.165, 1.54) is 4.68 Å². The Balaban J connectivity index is 1.48. The quantitative estimate of drug-likeness (QED) is 0.718. The lowest BCUT2D eigenvalue weighted by Crippen LogP contribution is -2.34. The Bertz CT molecular complexity index is 1120. The molecule has 1 atom stereocenters. The van der Waals surface area contributed by atoms with Gasteiger partial charge in [-0.25, -0.2) is 4.68 Å². The number of aromatic nitrogens is 4. The molecule has 8 heteroatoms. The van der Waals surface area contributed by atoms with E-state index in [2.05, 4.69) is 15.5 Å². The number of rotatable bonds is 4. The monoisotopic (exact) mass is 367 g/mol. The summed E-state index contributed by atoms with van der Waals surface area (Å²) in [4.78, 5) is 37.0. The summed E-state index contributed by atoms with van der Waals surface area (Å²) in [6.07, 6.45) is 4.75. The molecule has 1 aliphatic rings. The molecular formula is C19H21N5O3. The Hall–Kier alpha value is -3.16. The van der Waals surface area contributed by atoms with Crippen molar-refractivity contribution in [1.82, 2.24) is 24.9 Å². The van der Waals surface area contributed by atoms with Gasteiger partial charge in [0.2, 0.25) is 5.91 Å². The molecule has 140 valence electrons. The summed E-state index contributed by atoms with van der Waals surface area (Å²) < 4.78 is 3.06. The van der Waals surface area contributed by atoms with Crippen LogP contribution >= 0.6 is 0 Å². The van der Waals surface area contributed by atoms with E-state index in [0.29, 0.717) is 10.8 Å². The average Bonchev–Trinajstić information content (AvgIpc) is 3.06. The molecular weight excluding hydrogens is 346 g/mol. The molecule has 1 aromatic carbocycles. The highest BCUT2D eigenvalue weighted by atomic mass is 16.2. The number of carbonyl (C=O) groups is 1. The van der Waals surface area contributed by atoms with E-state index < -0.39 is 0 Å². The van der Waals surface area contributed by atoms with Gasteiger partial charge in [-0.2, -0.15) is 5.10 Å². The van der Waals surface area contributed by atoms with Gasteiger partial charge in [-0.05, 0) is 31.4 Å². The Morgan fingerprint density at radius 1 is 1.30 bits per heavy atom. The first-order chi connectivity index (χ1) is 13.0. The van der Waals surface area contributed by atoms with Gasteiger partial charge in [-0.1, -0.05) is 12.1 Å². The fourth-order valence-corrected chi connectivity index (χ4v) is 3.74. The summed E-state index contributed by atoms with van der Waals surface area (Å²) in [5, 5.41) is 10.6. The van der Waals surface area contributed by atoms with Crippen molar-refractivity contribution in [2.75, 3.05) is 0 Å². The van der Waals surface area contributed by atoms with Crippen LogP contribution in [-0.4, -0.2) is 25.5 Å². The summed E-state index contributed by atoms with van der Waals surface area (Å²) in [5.74, 6) is -0.155. The van der Waals surface area contributed by atoms with Crippen LogP contribution in [0, 0.1) is 0 Å². The maximum atomic E-state index is 12.5. The lowest BCUT2D eigenvalue weighted by Gasteiger charge is -2.23. The molecule has 2 heterocycles. The number of aryl methyl sites for hydroxylation is 2. The van der Waals surface area contributed by atoms with Crippen molar-refractivity contribution in [3.8, 4) is 0 Å². The van der Waals surface area contributed by atoms with Gasteiger partial charge in [0.15, 0.2) is 0 Å². The number of nitrogens with zero attached hydrogens (tertiary/aromatic N) is 3. The average molecular weight is 367 g/mol. The van der Waals surface area contributed by atoms with Crippen LogP contribution in [0.2, 0.25) is 0 Å². The number of hydrogen-bond donors (Lipinski definition) is 2. The van der Waals surface area contributed by atoms with Crippen LogP contribution in [0.3, 0.4) is 0 Å². The molecule has 2 N–H and O–H groups in total. The summed E-state index contributed by atoms with van der Waals surface area (Å²) in [5.41, 5.74) is 1.58. The Kier molecular flexibility index (Phi) is 4.39. The van der Waals surface area contributed by atoms with Crippen molar-refractivity contribution in [3.05, 3.63) is 62.4 Å². The third-order valence-corrected chi connectivity index (χ3v) is 5.16. The number of benzene rings is 1. The van der Waals surface area contributed by atoms with Crippen molar-refractivity contribution in [3.63, 3.8) is 0 Å². The minimum absolute atomic E-state index is 0.0534. The van der Waals surface area contributed by atoms with E-state index in [9.17, 15) is 14.4 Å².